The zero-order valence-electron chi connectivity index (χ0n) is 21.8. The molecular weight excluding hydrogens is 578 g/mol. The highest BCUT2D eigenvalue weighted by atomic mass is 35.5. The zero-order valence-corrected chi connectivity index (χ0v) is 23.3. The maximum absolute atomic E-state index is 14.7. The van der Waals surface area contributed by atoms with Gasteiger partial charge in [0.25, 0.3) is 11.8 Å². The molecule has 0 aliphatic heterocycles. The summed E-state index contributed by atoms with van der Waals surface area (Å²) in [6.45, 7) is 0.411. The van der Waals surface area contributed by atoms with Gasteiger partial charge in [-0.1, -0.05) is 35.3 Å². The van der Waals surface area contributed by atoms with Gasteiger partial charge >= 0.3 is 0 Å². The number of hydrogen-bond acceptors (Lipinski definition) is 6. The summed E-state index contributed by atoms with van der Waals surface area (Å²) in [7, 11) is 0. The van der Waals surface area contributed by atoms with Crippen LogP contribution in [0.2, 0.25) is 10.0 Å². The monoisotopic (exact) mass is 598 g/mol. The second kappa shape index (κ2) is 11.9. The number of hydrogen-bond donors (Lipinski definition) is 1. The van der Waals surface area contributed by atoms with Crippen LogP contribution in [0.4, 0.5) is 4.39 Å². The third-order valence-electron chi connectivity index (χ3n) is 6.57. The number of aromatic nitrogens is 5. The van der Waals surface area contributed by atoms with Crippen molar-refractivity contribution >= 4 is 29.1 Å². The van der Waals surface area contributed by atoms with Gasteiger partial charge in [-0.2, -0.15) is 0 Å². The Morgan fingerprint density at radius 3 is 2.48 bits per heavy atom. The molecule has 0 aliphatic carbocycles. The van der Waals surface area contributed by atoms with E-state index in [4.69, 9.17) is 27.6 Å². The molecule has 8 nitrogen and oxygen atoms in total. The molecule has 0 saturated carbocycles. The number of carbonyl (C=O) groups is 1. The van der Waals surface area contributed by atoms with E-state index in [-0.39, 0.29) is 23.3 Å². The van der Waals surface area contributed by atoms with Crippen molar-refractivity contribution in [1.82, 2.24) is 30.0 Å². The fraction of sp³-hybridized carbons (Fsp3) is 0.0645. The minimum Gasteiger partial charge on any atom is -0.416 e. The van der Waals surface area contributed by atoms with Gasteiger partial charge in [0.1, 0.15) is 5.82 Å². The van der Waals surface area contributed by atoms with E-state index in [0.29, 0.717) is 39.0 Å². The Bertz CT molecular complexity index is 1840. The maximum atomic E-state index is 14.7. The van der Waals surface area contributed by atoms with Crippen molar-refractivity contribution in [2.24, 2.45) is 0 Å². The number of carbonyl (C=O) groups excluding carboxylic acids is 1. The van der Waals surface area contributed by atoms with E-state index in [0.717, 1.165) is 5.56 Å². The fourth-order valence-corrected chi connectivity index (χ4v) is 4.99. The molecule has 3 aromatic heterocycles. The van der Waals surface area contributed by atoms with Gasteiger partial charge in [-0.3, -0.25) is 9.78 Å². The van der Waals surface area contributed by atoms with Crippen LogP contribution in [0.25, 0.3) is 34.2 Å². The van der Waals surface area contributed by atoms with Crippen molar-refractivity contribution in [2.45, 2.75) is 12.6 Å². The molecular formula is C31H21Cl2FN6O2. The molecule has 1 N–H and O–H groups in total. The molecule has 6 aromatic rings. The Balaban J connectivity index is 1.21. The molecule has 1 amide bonds. The molecule has 0 spiro atoms. The molecule has 0 unspecified atom stereocenters. The lowest BCUT2D eigenvalue weighted by Gasteiger charge is -2.21. The van der Waals surface area contributed by atoms with Gasteiger partial charge < -0.3 is 14.3 Å². The SMILES string of the molecule is O=C(N[C@@H](Cn1ccnc1)c1ccc(Cl)cc1Cl)c1ccc(-c2nnc(-c3cc(-c4ccccn4)ccc3F)o2)cc1. The summed E-state index contributed by atoms with van der Waals surface area (Å²) >= 11 is 12.6. The molecule has 11 heteroatoms. The number of imidazole rings is 1. The molecule has 42 heavy (non-hydrogen) atoms. The molecule has 0 radical (unpaired) electrons. The van der Waals surface area contributed by atoms with Crippen molar-refractivity contribution in [1.29, 1.82) is 0 Å². The second-order valence-corrected chi connectivity index (χ2v) is 10.2. The minimum absolute atomic E-state index is 0.0317. The maximum Gasteiger partial charge on any atom is 0.251 e. The first-order valence-corrected chi connectivity index (χ1v) is 13.6. The first kappa shape index (κ1) is 27.3. The minimum atomic E-state index is -0.497. The van der Waals surface area contributed by atoms with E-state index in [1.807, 2.05) is 22.8 Å². The highest BCUT2D eigenvalue weighted by molar-refractivity contribution is 6.35. The van der Waals surface area contributed by atoms with Crippen molar-refractivity contribution in [3.8, 4) is 34.2 Å². The zero-order chi connectivity index (χ0) is 29.1. The van der Waals surface area contributed by atoms with Gasteiger partial charge in [0.05, 0.1) is 23.6 Å². The van der Waals surface area contributed by atoms with Crippen LogP contribution in [0.1, 0.15) is 22.0 Å². The van der Waals surface area contributed by atoms with E-state index in [9.17, 15) is 9.18 Å². The van der Waals surface area contributed by atoms with Crippen molar-refractivity contribution in [3.05, 3.63) is 131 Å². The molecule has 0 fully saturated rings. The number of benzene rings is 3. The summed E-state index contributed by atoms with van der Waals surface area (Å²) in [4.78, 5) is 21.6. The summed E-state index contributed by atoms with van der Waals surface area (Å²) in [6.07, 6.45) is 6.80. The van der Waals surface area contributed by atoms with Crippen LogP contribution in [0, 0.1) is 5.82 Å². The number of nitrogens with one attached hydrogen (secondary N) is 1. The normalized spacial score (nSPS) is 11.8. The standard InChI is InChI=1S/C31H21Cl2FN6O2/c32-22-9-10-23(25(33)16-22)28(17-40-14-13-35-18-40)37-29(41)19-4-6-20(7-5-19)30-38-39-31(42-30)24-15-21(8-11-26(24)34)27-3-1-2-12-36-27/h1-16,18,28H,17H2,(H,37,41)/t28-/m0/s1. The Labute approximate surface area is 249 Å². The largest absolute Gasteiger partial charge is 0.416 e. The van der Waals surface area contributed by atoms with Crippen LogP contribution in [0.15, 0.2) is 108 Å². The van der Waals surface area contributed by atoms with Gasteiger partial charge in [0.2, 0.25) is 5.89 Å². The molecule has 0 saturated heterocycles. The number of halogens is 3. The van der Waals surface area contributed by atoms with Gasteiger partial charge in [-0.15, -0.1) is 10.2 Å². The van der Waals surface area contributed by atoms with E-state index < -0.39 is 11.9 Å². The van der Waals surface area contributed by atoms with E-state index >= 15 is 0 Å². The average Bonchev–Trinajstić information content (AvgIpc) is 3.71. The van der Waals surface area contributed by atoms with Gasteiger partial charge in [-0.25, -0.2) is 9.37 Å². The lowest BCUT2D eigenvalue weighted by atomic mass is 10.1. The highest BCUT2D eigenvalue weighted by Gasteiger charge is 2.20. The second-order valence-electron chi connectivity index (χ2n) is 9.35. The average molecular weight is 599 g/mol. The summed E-state index contributed by atoms with van der Waals surface area (Å²) in [5.41, 5.74) is 3.28. The van der Waals surface area contributed by atoms with Crippen LogP contribution < -0.4 is 5.32 Å². The predicted octanol–water partition coefficient (Wildman–Crippen LogP) is 7.28. The Morgan fingerprint density at radius 1 is 0.929 bits per heavy atom. The summed E-state index contributed by atoms with van der Waals surface area (Å²) in [5, 5.41) is 12.1. The fourth-order valence-electron chi connectivity index (χ4n) is 4.45. The quantitative estimate of drug-likeness (QED) is 0.198. The molecule has 6 rings (SSSR count). The summed E-state index contributed by atoms with van der Waals surface area (Å²) in [6, 6.07) is 21.5. The smallest absolute Gasteiger partial charge is 0.251 e. The van der Waals surface area contributed by atoms with E-state index in [1.54, 1.807) is 79.5 Å². The van der Waals surface area contributed by atoms with Crippen LogP contribution >= 0.6 is 23.2 Å². The number of rotatable bonds is 8. The van der Waals surface area contributed by atoms with Gasteiger partial charge in [0.15, 0.2) is 0 Å². The molecule has 3 heterocycles. The van der Waals surface area contributed by atoms with Crippen molar-refractivity contribution in [3.63, 3.8) is 0 Å². The number of pyridine rings is 1. The first-order valence-electron chi connectivity index (χ1n) is 12.8. The van der Waals surface area contributed by atoms with Crippen molar-refractivity contribution in [2.75, 3.05) is 0 Å². The van der Waals surface area contributed by atoms with Crippen LogP contribution in [-0.4, -0.2) is 30.6 Å². The van der Waals surface area contributed by atoms with Gasteiger partial charge in [0, 0.05) is 51.9 Å². The molecule has 0 bridgehead atoms. The van der Waals surface area contributed by atoms with Gasteiger partial charge in [-0.05, 0) is 72.3 Å². The first-order chi connectivity index (χ1) is 20.4. The van der Waals surface area contributed by atoms with E-state index in [1.165, 1.54) is 6.07 Å². The number of nitrogens with zero attached hydrogens (tertiary/aromatic N) is 5. The van der Waals surface area contributed by atoms with Crippen molar-refractivity contribution < 1.29 is 13.6 Å². The molecule has 1 atom stereocenters. The Morgan fingerprint density at radius 2 is 1.74 bits per heavy atom. The topological polar surface area (TPSA) is 98.7 Å². The summed E-state index contributed by atoms with van der Waals surface area (Å²) in [5.74, 6) is -0.588. The lowest BCUT2D eigenvalue weighted by molar-refractivity contribution is 0.0932. The van der Waals surface area contributed by atoms with E-state index in [2.05, 4.69) is 25.5 Å². The van der Waals surface area contributed by atoms with Crippen LogP contribution in [0.3, 0.4) is 0 Å². The Kier molecular flexibility index (Phi) is 7.76. The Hall–Kier alpha value is -4.86. The third kappa shape index (κ3) is 5.93. The lowest BCUT2D eigenvalue weighted by Crippen LogP contribution is -2.31. The van der Waals surface area contributed by atoms with Crippen LogP contribution in [0.5, 0.6) is 0 Å². The predicted molar refractivity (Wildman–Crippen MR) is 157 cm³/mol. The number of amides is 1. The van der Waals surface area contributed by atoms with Crippen LogP contribution in [-0.2, 0) is 6.54 Å². The molecule has 3 aromatic carbocycles. The molecule has 208 valence electrons. The highest BCUT2D eigenvalue weighted by Crippen LogP contribution is 2.30. The molecule has 0 aliphatic rings. The summed E-state index contributed by atoms with van der Waals surface area (Å²) < 4.78 is 22.4. The third-order valence-corrected chi connectivity index (χ3v) is 7.13.